The number of amides is 1. The number of methoxy groups -OCH3 is 1. The Bertz CT molecular complexity index is 961. The maximum Gasteiger partial charge on any atom is 0.277 e. The maximum absolute atomic E-state index is 13.1. The molecule has 2 unspecified atom stereocenters. The molecule has 1 heterocycles. The van der Waals surface area contributed by atoms with E-state index in [2.05, 4.69) is 5.32 Å². The second-order valence-electron chi connectivity index (χ2n) is 6.61. The topological polar surface area (TPSA) is 134 Å². The molecule has 1 amide bonds. The van der Waals surface area contributed by atoms with Gasteiger partial charge in [-0.05, 0) is 61.5 Å². The highest BCUT2D eigenvalue weighted by Crippen LogP contribution is 2.31. The summed E-state index contributed by atoms with van der Waals surface area (Å²) in [7, 11) is -2.50. The Hall–Kier alpha value is -2.66. The normalized spacial score (nSPS) is 22.0. The molecule has 1 aliphatic heterocycles. The maximum atomic E-state index is 13.1. The average Bonchev–Trinajstić information content (AvgIpc) is 2.74. The lowest BCUT2D eigenvalue weighted by Gasteiger charge is -2.37. The lowest BCUT2D eigenvalue weighted by atomic mass is 9.93. The zero-order chi connectivity index (χ0) is 21.1. The van der Waals surface area contributed by atoms with Crippen LogP contribution in [0, 0.1) is 0 Å². The molecule has 0 bridgehead atoms. The van der Waals surface area contributed by atoms with E-state index in [1.165, 1.54) is 29.7 Å². The quantitative estimate of drug-likeness (QED) is 0.398. The highest BCUT2D eigenvalue weighted by atomic mass is 32.2. The van der Waals surface area contributed by atoms with E-state index in [0.29, 0.717) is 23.8 Å². The molecule has 3 rings (SSSR count). The van der Waals surface area contributed by atoms with E-state index in [0.717, 1.165) is 0 Å². The second kappa shape index (κ2) is 8.37. The number of carbonyl (C=O) groups is 1. The molecule has 0 aliphatic carbocycles. The van der Waals surface area contributed by atoms with Gasteiger partial charge in [0.1, 0.15) is 22.5 Å². The van der Waals surface area contributed by atoms with Crippen LogP contribution in [-0.4, -0.2) is 55.7 Å². The lowest BCUT2D eigenvalue weighted by Crippen LogP contribution is -2.65. The first-order valence-corrected chi connectivity index (χ1v) is 10.4. The molecular formula is C19H22N2O7S. The van der Waals surface area contributed by atoms with E-state index >= 15 is 0 Å². The van der Waals surface area contributed by atoms with Crippen LogP contribution in [0.4, 0.5) is 0 Å². The van der Waals surface area contributed by atoms with Gasteiger partial charge in [0.05, 0.1) is 12.0 Å². The molecule has 0 radical (unpaired) electrons. The number of hydroxylamine groups is 1. The molecule has 29 heavy (non-hydrogen) atoms. The van der Waals surface area contributed by atoms with Gasteiger partial charge in [0, 0.05) is 6.54 Å². The third kappa shape index (κ3) is 4.20. The summed E-state index contributed by atoms with van der Waals surface area (Å²) < 4.78 is 36.9. The Morgan fingerprint density at radius 2 is 1.66 bits per heavy atom. The zero-order valence-electron chi connectivity index (χ0n) is 15.7. The summed E-state index contributed by atoms with van der Waals surface area (Å²) in [5, 5.41) is 20.9. The van der Waals surface area contributed by atoms with Crippen molar-refractivity contribution in [3.63, 3.8) is 0 Å². The first-order valence-electron chi connectivity index (χ1n) is 8.85. The molecule has 1 saturated heterocycles. The third-order valence-corrected chi connectivity index (χ3v) is 7.13. The summed E-state index contributed by atoms with van der Waals surface area (Å²) in [5.74, 6) is 0.481. The van der Waals surface area contributed by atoms with Gasteiger partial charge in [-0.2, -0.15) is 0 Å². The number of benzene rings is 2. The van der Waals surface area contributed by atoms with Crippen molar-refractivity contribution in [1.29, 1.82) is 0 Å². The lowest BCUT2D eigenvalue weighted by molar-refractivity contribution is -0.149. The van der Waals surface area contributed by atoms with Crippen LogP contribution in [0.25, 0.3) is 0 Å². The van der Waals surface area contributed by atoms with Gasteiger partial charge in [0.2, 0.25) is 0 Å². The predicted octanol–water partition coefficient (Wildman–Crippen LogP) is 0.860. The van der Waals surface area contributed by atoms with E-state index in [9.17, 15) is 18.3 Å². The van der Waals surface area contributed by atoms with E-state index in [-0.39, 0.29) is 17.9 Å². The number of hydrogen-bond donors (Lipinski definition) is 4. The van der Waals surface area contributed by atoms with Crippen molar-refractivity contribution in [3.8, 4) is 17.2 Å². The van der Waals surface area contributed by atoms with Crippen LogP contribution in [0.5, 0.6) is 17.2 Å². The molecule has 0 aromatic heterocycles. The van der Waals surface area contributed by atoms with Crippen molar-refractivity contribution in [2.45, 2.75) is 22.2 Å². The summed E-state index contributed by atoms with van der Waals surface area (Å²) in [4.78, 5) is 11.9. The molecule has 2 aromatic carbocycles. The van der Waals surface area contributed by atoms with Gasteiger partial charge in [-0.25, -0.2) is 13.9 Å². The second-order valence-corrected chi connectivity index (χ2v) is 8.74. The molecule has 156 valence electrons. The van der Waals surface area contributed by atoms with Crippen LogP contribution in [-0.2, 0) is 14.6 Å². The van der Waals surface area contributed by atoms with Crippen molar-refractivity contribution >= 4 is 15.7 Å². The summed E-state index contributed by atoms with van der Waals surface area (Å²) in [6.07, 6.45) is 0.0103. The summed E-state index contributed by atoms with van der Waals surface area (Å²) >= 11 is 0. The zero-order valence-corrected chi connectivity index (χ0v) is 16.5. The molecule has 0 spiro atoms. The van der Waals surface area contributed by atoms with Gasteiger partial charge in [0.25, 0.3) is 5.91 Å². The Balaban J connectivity index is 1.82. The minimum Gasteiger partial charge on any atom is -0.497 e. The van der Waals surface area contributed by atoms with Crippen LogP contribution >= 0.6 is 0 Å². The molecule has 1 fully saturated rings. The van der Waals surface area contributed by atoms with Gasteiger partial charge in [-0.3, -0.25) is 10.0 Å². The van der Waals surface area contributed by atoms with Crippen LogP contribution in [0.1, 0.15) is 6.42 Å². The van der Waals surface area contributed by atoms with Crippen LogP contribution in [0.15, 0.2) is 53.4 Å². The molecule has 4 N–H and O–H groups in total. The molecular weight excluding hydrogens is 400 g/mol. The SMILES string of the molecule is COc1ccc(Oc2ccc(S(=O)(=O)C3CCNCC3(O)C(=O)NO)cc2)cc1. The fraction of sp³-hybridized carbons (Fsp3) is 0.316. The largest absolute Gasteiger partial charge is 0.497 e. The van der Waals surface area contributed by atoms with Gasteiger partial charge in [-0.15, -0.1) is 0 Å². The number of ether oxygens (including phenoxy) is 2. The molecule has 2 atom stereocenters. The third-order valence-electron chi connectivity index (χ3n) is 4.83. The van der Waals surface area contributed by atoms with Gasteiger partial charge >= 0.3 is 0 Å². The van der Waals surface area contributed by atoms with E-state index in [4.69, 9.17) is 14.7 Å². The first-order chi connectivity index (χ1) is 13.8. The van der Waals surface area contributed by atoms with E-state index < -0.39 is 26.6 Å². The molecule has 0 saturated carbocycles. The number of rotatable bonds is 6. The first kappa shape index (κ1) is 21.1. The highest BCUT2D eigenvalue weighted by molar-refractivity contribution is 7.92. The number of β-amino-alcohol motifs (C(OH)–C–C–N with tert-alkyl or cyclic N) is 1. The summed E-state index contributed by atoms with van der Waals surface area (Å²) in [5.41, 5.74) is -0.937. The summed E-state index contributed by atoms with van der Waals surface area (Å²) in [6.45, 7) is 0.0194. The predicted molar refractivity (Wildman–Crippen MR) is 103 cm³/mol. The number of piperidine rings is 1. The van der Waals surface area contributed by atoms with E-state index in [1.54, 1.807) is 31.4 Å². The van der Waals surface area contributed by atoms with Crippen molar-refractivity contribution < 1.29 is 33.0 Å². The monoisotopic (exact) mass is 422 g/mol. The fourth-order valence-electron chi connectivity index (χ4n) is 3.24. The molecule has 9 nitrogen and oxygen atoms in total. The standard InChI is InChI=1S/C19H22N2O7S/c1-27-13-2-4-14(5-3-13)28-15-6-8-16(9-7-15)29(25,26)17-10-11-20-12-19(17,23)18(22)21-24/h2-9,17,20,23-24H,10-12H2,1H3,(H,21,22). The number of hydrogen-bond acceptors (Lipinski definition) is 8. The van der Waals surface area contributed by atoms with Crippen LogP contribution in [0.3, 0.4) is 0 Å². The van der Waals surface area contributed by atoms with Crippen molar-refractivity contribution in [2.75, 3.05) is 20.2 Å². The smallest absolute Gasteiger partial charge is 0.277 e. The van der Waals surface area contributed by atoms with Crippen molar-refractivity contribution in [2.24, 2.45) is 0 Å². The van der Waals surface area contributed by atoms with Crippen LogP contribution in [0.2, 0.25) is 0 Å². The fourth-order valence-corrected chi connectivity index (χ4v) is 5.22. The van der Waals surface area contributed by atoms with E-state index in [1.807, 2.05) is 0 Å². The Morgan fingerprint density at radius 3 is 2.21 bits per heavy atom. The minimum absolute atomic E-state index is 0.0103. The Morgan fingerprint density at radius 1 is 1.10 bits per heavy atom. The molecule has 10 heteroatoms. The van der Waals surface area contributed by atoms with Gasteiger partial charge in [0.15, 0.2) is 15.4 Å². The molecule has 1 aliphatic rings. The number of sulfone groups is 1. The number of carbonyl (C=O) groups excluding carboxylic acids is 1. The van der Waals surface area contributed by atoms with Gasteiger partial charge in [-0.1, -0.05) is 0 Å². The minimum atomic E-state index is -4.06. The van der Waals surface area contributed by atoms with Gasteiger partial charge < -0.3 is 19.9 Å². The Kier molecular flexibility index (Phi) is 6.08. The molecule has 2 aromatic rings. The number of nitrogens with one attached hydrogen (secondary N) is 2. The number of aliphatic hydroxyl groups is 1. The summed E-state index contributed by atoms with van der Waals surface area (Å²) in [6, 6.07) is 12.6. The highest BCUT2D eigenvalue weighted by Gasteiger charge is 2.52. The average molecular weight is 422 g/mol. The Labute approximate surface area is 168 Å². The van der Waals surface area contributed by atoms with Crippen molar-refractivity contribution in [3.05, 3.63) is 48.5 Å². The van der Waals surface area contributed by atoms with Crippen LogP contribution < -0.4 is 20.3 Å². The van der Waals surface area contributed by atoms with Crippen molar-refractivity contribution in [1.82, 2.24) is 10.8 Å².